The van der Waals surface area contributed by atoms with E-state index >= 15 is 0 Å². The molecule has 0 saturated carbocycles. The van der Waals surface area contributed by atoms with Gasteiger partial charge in [0, 0.05) is 0 Å². The number of hydrogen-bond donors (Lipinski definition) is 1. The van der Waals surface area contributed by atoms with Crippen molar-refractivity contribution in [2.45, 2.75) is 0 Å². The molecule has 1 rings (SSSR count). The van der Waals surface area contributed by atoms with Gasteiger partial charge in [-0.3, -0.25) is 4.79 Å². The standard InChI is InChI=1S/C9H7ClN2O/c10-6-2-4-7-3-1-5-8(12-7)9(11)13/h1,3,5H,6H2,(H2,11,13). The van der Waals surface area contributed by atoms with Gasteiger partial charge in [-0.05, 0) is 18.1 Å². The van der Waals surface area contributed by atoms with E-state index in [0.29, 0.717) is 5.69 Å². The Labute approximate surface area is 80.9 Å². The Balaban J connectivity index is 2.98. The lowest BCUT2D eigenvalue weighted by atomic mass is 10.3. The van der Waals surface area contributed by atoms with Crippen LogP contribution in [0.4, 0.5) is 0 Å². The molecule has 1 aromatic heterocycles. The maximum atomic E-state index is 10.7. The Kier molecular flexibility index (Phi) is 3.30. The Bertz CT molecular complexity index is 379. The molecule has 1 amide bonds. The number of pyridine rings is 1. The van der Waals surface area contributed by atoms with Crippen molar-refractivity contribution < 1.29 is 4.79 Å². The summed E-state index contributed by atoms with van der Waals surface area (Å²) in [5, 5.41) is 0. The second kappa shape index (κ2) is 4.48. The summed E-state index contributed by atoms with van der Waals surface area (Å²) >= 11 is 5.36. The molecule has 1 aromatic rings. The number of nitrogens with zero attached hydrogens (tertiary/aromatic N) is 1. The monoisotopic (exact) mass is 194 g/mol. The molecule has 0 fully saturated rings. The number of carbonyl (C=O) groups excluding carboxylic acids is 1. The maximum absolute atomic E-state index is 10.7. The lowest BCUT2D eigenvalue weighted by Crippen LogP contribution is -2.13. The molecule has 0 aromatic carbocycles. The fraction of sp³-hybridized carbons (Fsp3) is 0.111. The fourth-order valence-electron chi connectivity index (χ4n) is 0.766. The van der Waals surface area contributed by atoms with E-state index in [2.05, 4.69) is 16.8 Å². The minimum atomic E-state index is -0.561. The van der Waals surface area contributed by atoms with E-state index in [1.807, 2.05) is 0 Å². The van der Waals surface area contributed by atoms with Crippen LogP contribution in [0.3, 0.4) is 0 Å². The highest BCUT2D eigenvalue weighted by atomic mass is 35.5. The van der Waals surface area contributed by atoms with E-state index in [1.54, 1.807) is 12.1 Å². The predicted octanol–water partition coefficient (Wildman–Crippen LogP) is 0.771. The van der Waals surface area contributed by atoms with Crippen molar-refractivity contribution in [3.8, 4) is 11.8 Å². The highest BCUT2D eigenvalue weighted by molar-refractivity contribution is 6.19. The largest absolute Gasteiger partial charge is 0.364 e. The molecule has 66 valence electrons. The molecule has 0 unspecified atom stereocenters. The molecular formula is C9H7ClN2O. The molecule has 0 aliphatic carbocycles. The minimum Gasteiger partial charge on any atom is -0.364 e. The molecule has 2 N–H and O–H groups in total. The van der Waals surface area contributed by atoms with E-state index in [9.17, 15) is 4.79 Å². The quantitative estimate of drug-likeness (QED) is 0.531. The second-order valence-corrected chi connectivity index (χ2v) is 2.47. The summed E-state index contributed by atoms with van der Waals surface area (Å²) < 4.78 is 0. The van der Waals surface area contributed by atoms with Crippen LogP contribution in [0.25, 0.3) is 0 Å². The summed E-state index contributed by atoms with van der Waals surface area (Å²) in [6.45, 7) is 0. The Hall–Kier alpha value is -1.53. The molecule has 0 aliphatic heterocycles. The zero-order valence-electron chi connectivity index (χ0n) is 6.75. The van der Waals surface area contributed by atoms with Crippen molar-refractivity contribution in [3.05, 3.63) is 29.6 Å². The lowest BCUT2D eigenvalue weighted by molar-refractivity contribution is 0.0995. The number of rotatable bonds is 1. The van der Waals surface area contributed by atoms with Crippen LogP contribution in [0.1, 0.15) is 16.2 Å². The van der Waals surface area contributed by atoms with Gasteiger partial charge >= 0.3 is 0 Å². The van der Waals surface area contributed by atoms with Crippen molar-refractivity contribution in [1.82, 2.24) is 4.98 Å². The first-order valence-electron chi connectivity index (χ1n) is 3.55. The van der Waals surface area contributed by atoms with E-state index in [4.69, 9.17) is 17.3 Å². The van der Waals surface area contributed by atoms with Gasteiger partial charge in [0.15, 0.2) is 0 Å². The highest BCUT2D eigenvalue weighted by Gasteiger charge is 2.00. The SMILES string of the molecule is NC(=O)c1cccc(C#CCCl)n1. The first kappa shape index (κ1) is 9.56. The normalized spacial score (nSPS) is 8.69. The van der Waals surface area contributed by atoms with Gasteiger partial charge in [-0.2, -0.15) is 0 Å². The van der Waals surface area contributed by atoms with E-state index in [-0.39, 0.29) is 11.6 Å². The summed E-state index contributed by atoms with van der Waals surface area (Å²) in [4.78, 5) is 14.6. The summed E-state index contributed by atoms with van der Waals surface area (Å²) in [7, 11) is 0. The third kappa shape index (κ3) is 2.77. The maximum Gasteiger partial charge on any atom is 0.267 e. The smallest absolute Gasteiger partial charge is 0.267 e. The summed E-state index contributed by atoms with van der Waals surface area (Å²) in [6, 6.07) is 4.89. The fourth-order valence-corrected chi connectivity index (χ4v) is 0.832. The summed E-state index contributed by atoms with van der Waals surface area (Å²) in [5.74, 6) is 5.00. The Morgan fingerprint density at radius 3 is 3.00 bits per heavy atom. The Morgan fingerprint density at radius 1 is 1.62 bits per heavy atom. The number of alkyl halides is 1. The molecule has 13 heavy (non-hydrogen) atoms. The van der Waals surface area contributed by atoms with Crippen molar-refractivity contribution in [2.24, 2.45) is 5.73 Å². The molecule has 3 nitrogen and oxygen atoms in total. The number of hydrogen-bond acceptors (Lipinski definition) is 2. The number of amides is 1. The second-order valence-electron chi connectivity index (χ2n) is 2.21. The number of halogens is 1. The first-order chi connectivity index (χ1) is 6.24. The van der Waals surface area contributed by atoms with E-state index in [1.165, 1.54) is 6.07 Å². The van der Waals surface area contributed by atoms with Crippen LogP contribution in [0.5, 0.6) is 0 Å². The molecule has 1 heterocycles. The van der Waals surface area contributed by atoms with Gasteiger partial charge in [-0.1, -0.05) is 12.0 Å². The number of nitrogens with two attached hydrogens (primary N) is 1. The zero-order valence-corrected chi connectivity index (χ0v) is 7.51. The highest BCUT2D eigenvalue weighted by Crippen LogP contribution is 1.96. The molecule has 0 saturated heterocycles. The summed E-state index contributed by atoms with van der Waals surface area (Å²) in [6.07, 6.45) is 0. The van der Waals surface area contributed by atoms with Gasteiger partial charge < -0.3 is 5.73 Å². The first-order valence-corrected chi connectivity index (χ1v) is 4.09. The van der Waals surface area contributed by atoms with Gasteiger partial charge in [-0.15, -0.1) is 11.6 Å². The van der Waals surface area contributed by atoms with Crippen LogP contribution in [-0.2, 0) is 0 Å². The van der Waals surface area contributed by atoms with Crippen molar-refractivity contribution in [3.63, 3.8) is 0 Å². The molecule has 0 atom stereocenters. The number of primary amides is 1. The van der Waals surface area contributed by atoms with E-state index in [0.717, 1.165) is 0 Å². The van der Waals surface area contributed by atoms with Crippen molar-refractivity contribution >= 4 is 17.5 Å². The molecule has 0 bridgehead atoms. The predicted molar refractivity (Wildman–Crippen MR) is 50.4 cm³/mol. The molecule has 0 aliphatic rings. The third-order valence-electron chi connectivity index (χ3n) is 1.28. The van der Waals surface area contributed by atoms with Gasteiger partial charge in [0.2, 0.25) is 0 Å². The van der Waals surface area contributed by atoms with Crippen LogP contribution in [-0.4, -0.2) is 16.8 Å². The minimum absolute atomic E-state index is 0.210. The van der Waals surface area contributed by atoms with Crippen LogP contribution in [0.2, 0.25) is 0 Å². The van der Waals surface area contributed by atoms with Crippen molar-refractivity contribution in [2.75, 3.05) is 5.88 Å². The van der Waals surface area contributed by atoms with Gasteiger partial charge in [0.25, 0.3) is 5.91 Å². The van der Waals surface area contributed by atoms with Crippen molar-refractivity contribution in [1.29, 1.82) is 0 Å². The molecule has 4 heteroatoms. The average Bonchev–Trinajstić information content (AvgIpc) is 2.15. The zero-order chi connectivity index (χ0) is 9.68. The number of carbonyl (C=O) groups is 1. The lowest BCUT2D eigenvalue weighted by Gasteiger charge is -1.93. The van der Waals surface area contributed by atoms with Gasteiger partial charge in [-0.25, -0.2) is 4.98 Å². The summed E-state index contributed by atoms with van der Waals surface area (Å²) in [5.41, 5.74) is 5.74. The van der Waals surface area contributed by atoms with Crippen LogP contribution in [0, 0.1) is 11.8 Å². The Morgan fingerprint density at radius 2 is 2.38 bits per heavy atom. The molecular weight excluding hydrogens is 188 g/mol. The van der Waals surface area contributed by atoms with Crippen LogP contribution in [0.15, 0.2) is 18.2 Å². The molecule has 0 radical (unpaired) electrons. The van der Waals surface area contributed by atoms with E-state index < -0.39 is 5.91 Å². The molecule has 0 spiro atoms. The van der Waals surface area contributed by atoms with Crippen LogP contribution < -0.4 is 5.73 Å². The average molecular weight is 195 g/mol. The van der Waals surface area contributed by atoms with Gasteiger partial charge in [0.05, 0.1) is 5.88 Å². The van der Waals surface area contributed by atoms with Gasteiger partial charge in [0.1, 0.15) is 11.4 Å². The van der Waals surface area contributed by atoms with Crippen LogP contribution >= 0.6 is 11.6 Å². The topological polar surface area (TPSA) is 56.0 Å². The number of aromatic nitrogens is 1. The third-order valence-corrected chi connectivity index (χ3v) is 1.42.